The Bertz CT molecular complexity index is 867. The van der Waals surface area contributed by atoms with Crippen LogP contribution in [0.1, 0.15) is 86.5 Å². The number of esters is 3. The normalized spacial score (nSPS) is 45.2. The molecule has 0 N–H and O–H groups in total. The first-order valence-electron chi connectivity index (χ1n) is 12.9. The summed E-state index contributed by atoms with van der Waals surface area (Å²) in [5, 5.41) is 0. The van der Waals surface area contributed by atoms with Crippen molar-refractivity contribution >= 4 is 23.7 Å². The maximum atomic E-state index is 12.7. The van der Waals surface area contributed by atoms with E-state index in [-0.39, 0.29) is 77.0 Å². The molecule has 4 fully saturated rings. The summed E-state index contributed by atoms with van der Waals surface area (Å²) >= 11 is 0. The molecule has 10 atom stereocenters. The van der Waals surface area contributed by atoms with Gasteiger partial charge in [-0.05, 0) is 75.0 Å². The van der Waals surface area contributed by atoms with Gasteiger partial charge >= 0.3 is 17.9 Å². The van der Waals surface area contributed by atoms with E-state index in [2.05, 4.69) is 13.8 Å². The molecule has 0 aliphatic heterocycles. The molecule has 34 heavy (non-hydrogen) atoms. The molecule has 190 valence electrons. The second kappa shape index (κ2) is 8.94. The van der Waals surface area contributed by atoms with E-state index in [9.17, 15) is 19.2 Å². The Labute approximate surface area is 202 Å². The molecular formula is C27H40O7. The van der Waals surface area contributed by atoms with Gasteiger partial charge in [0.05, 0.1) is 0 Å². The van der Waals surface area contributed by atoms with Crippen LogP contribution in [-0.2, 0) is 33.4 Å². The summed E-state index contributed by atoms with van der Waals surface area (Å²) in [7, 11) is 0. The van der Waals surface area contributed by atoms with Gasteiger partial charge < -0.3 is 14.2 Å². The Kier molecular flexibility index (Phi) is 6.62. The van der Waals surface area contributed by atoms with E-state index in [4.69, 9.17) is 14.2 Å². The van der Waals surface area contributed by atoms with Crippen LogP contribution in [0.15, 0.2) is 0 Å². The third-order valence-corrected chi connectivity index (χ3v) is 10.1. The van der Waals surface area contributed by atoms with E-state index in [1.165, 1.54) is 20.8 Å². The van der Waals surface area contributed by atoms with Crippen molar-refractivity contribution in [3.05, 3.63) is 0 Å². The first-order valence-corrected chi connectivity index (χ1v) is 12.9. The molecule has 7 heteroatoms. The minimum Gasteiger partial charge on any atom is -0.463 e. The lowest BCUT2D eigenvalue weighted by molar-refractivity contribution is -0.222. The zero-order chi connectivity index (χ0) is 25.0. The van der Waals surface area contributed by atoms with Crippen LogP contribution in [0.2, 0.25) is 0 Å². The monoisotopic (exact) mass is 476 g/mol. The van der Waals surface area contributed by atoms with Crippen LogP contribution < -0.4 is 0 Å². The zero-order valence-corrected chi connectivity index (χ0v) is 21.4. The van der Waals surface area contributed by atoms with Crippen LogP contribution in [0.3, 0.4) is 0 Å². The second-order valence-electron chi connectivity index (χ2n) is 11.8. The quantitative estimate of drug-likeness (QED) is 0.442. The molecule has 0 spiro atoms. The van der Waals surface area contributed by atoms with Crippen molar-refractivity contribution in [2.24, 2.45) is 40.4 Å². The van der Waals surface area contributed by atoms with Crippen LogP contribution in [0, 0.1) is 40.4 Å². The van der Waals surface area contributed by atoms with Gasteiger partial charge in [-0.2, -0.15) is 0 Å². The average molecular weight is 477 g/mol. The molecule has 4 aliphatic carbocycles. The van der Waals surface area contributed by atoms with Gasteiger partial charge in [-0.15, -0.1) is 0 Å². The van der Waals surface area contributed by atoms with Gasteiger partial charge in [-0.3, -0.25) is 19.2 Å². The summed E-state index contributed by atoms with van der Waals surface area (Å²) in [4.78, 5) is 48.7. The number of hydrogen-bond acceptors (Lipinski definition) is 7. The summed E-state index contributed by atoms with van der Waals surface area (Å²) in [6, 6.07) is 0. The topological polar surface area (TPSA) is 96.0 Å². The predicted octanol–water partition coefficient (Wildman–Crippen LogP) is 4.25. The van der Waals surface area contributed by atoms with Gasteiger partial charge in [0.15, 0.2) is 0 Å². The van der Waals surface area contributed by atoms with Crippen molar-refractivity contribution in [2.45, 2.75) is 105 Å². The largest absolute Gasteiger partial charge is 0.463 e. The van der Waals surface area contributed by atoms with Crippen molar-refractivity contribution in [3.63, 3.8) is 0 Å². The maximum absolute atomic E-state index is 12.7. The van der Waals surface area contributed by atoms with Gasteiger partial charge in [0.1, 0.15) is 24.1 Å². The highest BCUT2D eigenvalue weighted by atomic mass is 16.6. The minimum absolute atomic E-state index is 0.0357. The van der Waals surface area contributed by atoms with E-state index >= 15 is 0 Å². The van der Waals surface area contributed by atoms with Crippen LogP contribution in [0.5, 0.6) is 0 Å². The molecule has 0 saturated heterocycles. The minimum atomic E-state index is -0.463. The fraction of sp³-hybridized carbons (Fsp3) is 0.852. The molecule has 4 aliphatic rings. The lowest BCUT2D eigenvalue weighted by atomic mass is 9.43. The molecule has 0 radical (unpaired) electrons. The Morgan fingerprint density at radius 2 is 1.38 bits per heavy atom. The number of fused-ring (bicyclic) bond motifs is 5. The van der Waals surface area contributed by atoms with E-state index in [0.717, 1.165) is 38.5 Å². The molecule has 0 heterocycles. The van der Waals surface area contributed by atoms with E-state index in [1.54, 1.807) is 6.92 Å². The van der Waals surface area contributed by atoms with E-state index < -0.39 is 5.41 Å². The van der Waals surface area contributed by atoms with Crippen molar-refractivity contribution in [2.75, 3.05) is 0 Å². The molecule has 0 aromatic carbocycles. The molecule has 0 aromatic heterocycles. The number of ketones is 1. The van der Waals surface area contributed by atoms with Gasteiger partial charge in [0.25, 0.3) is 0 Å². The number of ether oxygens (including phenoxy) is 3. The van der Waals surface area contributed by atoms with E-state index in [0.29, 0.717) is 6.42 Å². The fourth-order valence-corrected chi connectivity index (χ4v) is 8.82. The third kappa shape index (κ3) is 4.07. The summed E-state index contributed by atoms with van der Waals surface area (Å²) in [6.45, 7) is 10.4. The van der Waals surface area contributed by atoms with Gasteiger partial charge in [-0.25, -0.2) is 0 Å². The lowest BCUT2D eigenvalue weighted by Gasteiger charge is -2.63. The van der Waals surface area contributed by atoms with Gasteiger partial charge in [0.2, 0.25) is 0 Å². The Morgan fingerprint density at radius 3 is 1.97 bits per heavy atom. The smallest absolute Gasteiger partial charge is 0.302 e. The summed E-state index contributed by atoms with van der Waals surface area (Å²) in [6.07, 6.45) is 4.84. The van der Waals surface area contributed by atoms with Crippen LogP contribution in [-0.4, -0.2) is 42.0 Å². The van der Waals surface area contributed by atoms with Crippen molar-refractivity contribution < 1.29 is 33.4 Å². The zero-order valence-electron chi connectivity index (χ0n) is 21.4. The molecular weight excluding hydrogens is 436 g/mol. The van der Waals surface area contributed by atoms with Crippen LogP contribution >= 0.6 is 0 Å². The summed E-state index contributed by atoms with van der Waals surface area (Å²) < 4.78 is 17.6. The number of Topliss-reactive ketones (excluding diaryl/α,β-unsaturated/α-hetero) is 1. The lowest BCUT2D eigenvalue weighted by Crippen LogP contribution is -2.63. The fourth-order valence-electron chi connectivity index (χ4n) is 8.82. The molecule has 4 saturated carbocycles. The van der Waals surface area contributed by atoms with Gasteiger partial charge in [0, 0.05) is 38.0 Å². The average Bonchev–Trinajstić information content (AvgIpc) is 3.07. The molecule has 0 bridgehead atoms. The Hall–Kier alpha value is -1.92. The Morgan fingerprint density at radius 1 is 0.735 bits per heavy atom. The molecule has 0 amide bonds. The molecule has 4 rings (SSSR count). The van der Waals surface area contributed by atoms with Crippen molar-refractivity contribution in [1.29, 1.82) is 0 Å². The van der Waals surface area contributed by atoms with Gasteiger partial charge in [-0.1, -0.05) is 13.8 Å². The number of hydrogen-bond donors (Lipinski definition) is 0. The number of rotatable bonds is 4. The summed E-state index contributed by atoms with van der Waals surface area (Å²) in [5.74, 6) is -0.185. The molecule has 0 aromatic rings. The highest BCUT2D eigenvalue weighted by Crippen LogP contribution is 2.68. The van der Waals surface area contributed by atoms with Crippen molar-refractivity contribution in [3.8, 4) is 0 Å². The SMILES string of the molecule is CC(=O)O[C@@H]1CC[C@@]2(C)[C@H](C1)C[C@@H](OC(C)=O)[C@@H]1[C@@H]2C[C@H](OC(C)=O)[C@]2(C)[C@@H](C(C)=O)CC[C@@H]12. The predicted molar refractivity (Wildman–Crippen MR) is 123 cm³/mol. The van der Waals surface area contributed by atoms with Crippen molar-refractivity contribution in [1.82, 2.24) is 0 Å². The highest BCUT2D eigenvalue weighted by molar-refractivity contribution is 5.80. The van der Waals surface area contributed by atoms with Crippen LogP contribution in [0.4, 0.5) is 0 Å². The number of carbonyl (C=O) groups is 4. The standard InChI is InChI=1S/C27H40O7/c1-14(28)20-7-8-21-25-22(13-24(27(20,21)6)34-17(4)31)26(5)10-9-19(32-15(2)29)11-18(26)12-23(25)33-16(3)30/h18-25H,7-13H2,1-6H3/t18-,19-,20-,21+,22+,23-,24+,25+,26+,27-/m1/s1. The molecule has 7 nitrogen and oxygen atoms in total. The second-order valence-corrected chi connectivity index (χ2v) is 11.8. The molecule has 0 unspecified atom stereocenters. The third-order valence-electron chi connectivity index (χ3n) is 10.1. The first-order chi connectivity index (χ1) is 15.9. The maximum Gasteiger partial charge on any atom is 0.302 e. The first kappa shape index (κ1) is 25.2. The summed E-state index contributed by atoms with van der Waals surface area (Å²) in [5.41, 5.74) is -0.499. The van der Waals surface area contributed by atoms with Crippen LogP contribution in [0.25, 0.3) is 0 Å². The van der Waals surface area contributed by atoms with E-state index in [1.807, 2.05) is 0 Å². The highest BCUT2D eigenvalue weighted by Gasteiger charge is 2.67. The number of carbonyl (C=O) groups excluding carboxylic acids is 4. The Balaban J connectivity index is 1.74.